The summed E-state index contributed by atoms with van der Waals surface area (Å²) in [5.41, 5.74) is 14.6. The van der Waals surface area contributed by atoms with Gasteiger partial charge in [0, 0.05) is 13.0 Å². The number of primary amides is 1. The summed E-state index contributed by atoms with van der Waals surface area (Å²) in [5, 5.41) is 20.1. The van der Waals surface area contributed by atoms with Gasteiger partial charge in [-0.05, 0) is 58.9 Å². The maximum Gasteiger partial charge on any atom is 0.417 e. The van der Waals surface area contributed by atoms with E-state index in [-0.39, 0.29) is 6.42 Å². The first-order chi connectivity index (χ1) is 16.0. The predicted molar refractivity (Wildman–Crippen MR) is 129 cm³/mol. The largest absolute Gasteiger partial charge is 0.480 e. The zero-order chi connectivity index (χ0) is 27.8. The molecule has 2 atom stereocenters. The van der Waals surface area contributed by atoms with Crippen LogP contribution >= 0.6 is 0 Å². The molecule has 0 aromatic heterocycles. The molecular formula is C22H43N5O8. The number of carbonyl (C=O) groups is 5. The van der Waals surface area contributed by atoms with Gasteiger partial charge < -0.3 is 37.5 Å². The lowest BCUT2D eigenvalue weighted by Crippen LogP contribution is -2.52. The van der Waals surface area contributed by atoms with E-state index in [1.54, 1.807) is 34.6 Å². The van der Waals surface area contributed by atoms with Gasteiger partial charge in [-0.3, -0.25) is 9.59 Å². The van der Waals surface area contributed by atoms with E-state index in [4.69, 9.17) is 27.0 Å². The molecule has 0 aliphatic carbocycles. The zero-order valence-electron chi connectivity index (χ0n) is 21.4. The molecule has 0 fully saturated rings. The number of nitrogens with two attached hydrogens (primary N) is 3. The SMILES string of the molecule is CC(C)C(C(=O)O)N(C(=O)CCCCCN)C(=O)OC(C)(C)C.NC(=O)NCCCC(N)C(=O)O. The lowest BCUT2D eigenvalue weighted by Gasteiger charge is -2.31. The third kappa shape index (κ3) is 17.2. The normalized spacial score (nSPS) is 12.6. The Morgan fingerprint density at radius 1 is 0.971 bits per heavy atom. The Labute approximate surface area is 206 Å². The highest BCUT2D eigenvalue weighted by Crippen LogP contribution is 2.19. The number of ether oxygens (including phenoxy) is 1. The Balaban J connectivity index is 0. The molecule has 0 aromatic carbocycles. The van der Waals surface area contributed by atoms with Gasteiger partial charge in [0.05, 0.1) is 0 Å². The van der Waals surface area contributed by atoms with E-state index in [9.17, 15) is 29.1 Å². The number of nitrogens with one attached hydrogen (secondary N) is 1. The number of aliphatic carboxylic acids is 2. The third-order valence-electron chi connectivity index (χ3n) is 4.42. The summed E-state index contributed by atoms with van der Waals surface area (Å²) in [7, 11) is 0. The van der Waals surface area contributed by atoms with Crippen LogP contribution in [-0.4, -0.2) is 75.9 Å². The van der Waals surface area contributed by atoms with Crippen molar-refractivity contribution in [3.05, 3.63) is 0 Å². The van der Waals surface area contributed by atoms with Crippen LogP contribution in [0.25, 0.3) is 0 Å². The van der Waals surface area contributed by atoms with Crippen LogP contribution < -0.4 is 22.5 Å². The average Bonchev–Trinajstić information content (AvgIpc) is 2.70. The Morgan fingerprint density at radius 3 is 1.94 bits per heavy atom. The number of carbonyl (C=O) groups excluding carboxylic acids is 3. The number of hydrogen-bond acceptors (Lipinski definition) is 8. The van der Waals surface area contributed by atoms with Crippen LogP contribution in [0.4, 0.5) is 9.59 Å². The summed E-state index contributed by atoms with van der Waals surface area (Å²) in [6.07, 6.45) is 2.11. The first-order valence-corrected chi connectivity index (χ1v) is 11.5. The Morgan fingerprint density at radius 2 is 1.54 bits per heavy atom. The smallest absolute Gasteiger partial charge is 0.417 e. The van der Waals surface area contributed by atoms with Crippen molar-refractivity contribution in [2.24, 2.45) is 23.1 Å². The van der Waals surface area contributed by atoms with Crippen LogP contribution in [-0.2, 0) is 19.1 Å². The van der Waals surface area contributed by atoms with E-state index in [1.807, 2.05) is 0 Å². The highest BCUT2D eigenvalue weighted by Gasteiger charge is 2.39. The fourth-order valence-electron chi connectivity index (χ4n) is 2.75. The first kappa shape index (κ1) is 34.2. The van der Waals surface area contributed by atoms with Gasteiger partial charge in [-0.25, -0.2) is 19.3 Å². The Hall–Kier alpha value is -2.93. The number of nitrogens with zero attached hydrogens (tertiary/aromatic N) is 1. The summed E-state index contributed by atoms with van der Waals surface area (Å²) in [6, 6.07) is -2.72. The third-order valence-corrected chi connectivity index (χ3v) is 4.42. The fourth-order valence-corrected chi connectivity index (χ4v) is 2.75. The van der Waals surface area contributed by atoms with Crippen molar-refractivity contribution in [2.75, 3.05) is 13.1 Å². The highest BCUT2D eigenvalue weighted by atomic mass is 16.6. The molecule has 0 rings (SSSR count). The van der Waals surface area contributed by atoms with Crippen molar-refractivity contribution in [3.8, 4) is 0 Å². The minimum Gasteiger partial charge on any atom is -0.480 e. The lowest BCUT2D eigenvalue weighted by atomic mass is 10.0. The van der Waals surface area contributed by atoms with E-state index in [0.29, 0.717) is 32.4 Å². The van der Waals surface area contributed by atoms with Gasteiger partial charge in [-0.2, -0.15) is 0 Å². The second kappa shape index (κ2) is 17.5. The average molecular weight is 506 g/mol. The minimum absolute atomic E-state index is 0.0930. The molecule has 13 nitrogen and oxygen atoms in total. The zero-order valence-corrected chi connectivity index (χ0v) is 21.4. The van der Waals surface area contributed by atoms with Gasteiger partial charge in [0.2, 0.25) is 5.91 Å². The molecule has 0 saturated carbocycles. The molecule has 0 saturated heterocycles. The summed E-state index contributed by atoms with van der Waals surface area (Å²) in [6.45, 7) is 9.19. The van der Waals surface area contributed by atoms with Crippen molar-refractivity contribution < 1.29 is 38.9 Å². The van der Waals surface area contributed by atoms with Gasteiger partial charge >= 0.3 is 24.1 Å². The molecular weight excluding hydrogens is 462 g/mol. The highest BCUT2D eigenvalue weighted by molar-refractivity contribution is 5.96. The van der Waals surface area contributed by atoms with E-state index in [0.717, 1.165) is 17.7 Å². The number of rotatable bonds is 13. The molecule has 0 radical (unpaired) electrons. The standard InChI is InChI=1S/C16H30N2O5.C6H13N3O3/c1-11(2)13(14(20)21)18(15(22)23-16(3,4)5)12(19)9-7-6-8-10-17;7-4(5(10)11)2-1-3-9-6(8)12/h11,13H,6-10,17H2,1-5H3,(H,20,21);4H,1-3,7H2,(H,10,11)(H3,8,9,12). The summed E-state index contributed by atoms with van der Waals surface area (Å²) >= 11 is 0. The van der Waals surface area contributed by atoms with Crippen molar-refractivity contribution in [1.29, 1.82) is 0 Å². The quantitative estimate of drug-likeness (QED) is 0.196. The minimum atomic E-state index is -1.24. The van der Waals surface area contributed by atoms with E-state index in [2.05, 4.69) is 5.32 Å². The molecule has 13 heteroatoms. The van der Waals surface area contributed by atoms with Crippen LogP contribution in [0, 0.1) is 5.92 Å². The number of carboxylic acid groups (broad SMARTS) is 2. The van der Waals surface area contributed by atoms with Gasteiger partial charge in [0.15, 0.2) is 0 Å². The number of urea groups is 1. The van der Waals surface area contributed by atoms with Crippen molar-refractivity contribution >= 4 is 30.0 Å². The van der Waals surface area contributed by atoms with Crippen molar-refractivity contribution in [3.63, 3.8) is 0 Å². The van der Waals surface area contributed by atoms with Gasteiger partial charge in [-0.1, -0.05) is 20.3 Å². The molecule has 4 amide bonds. The molecule has 204 valence electrons. The number of carboxylic acids is 2. The van der Waals surface area contributed by atoms with Crippen molar-refractivity contribution in [2.45, 2.75) is 90.8 Å². The summed E-state index contributed by atoms with van der Waals surface area (Å²) in [5.74, 6) is -3.21. The molecule has 35 heavy (non-hydrogen) atoms. The van der Waals surface area contributed by atoms with Crippen LogP contribution in [0.15, 0.2) is 0 Å². The summed E-state index contributed by atoms with van der Waals surface area (Å²) < 4.78 is 5.21. The van der Waals surface area contributed by atoms with Gasteiger partial charge in [-0.15, -0.1) is 0 Å². The molecule has 0 aliphatic heterocycles. The number of hydrogen-bond donors (Lipinski definition) is 6. The predicted octanol–water partition coefficient (Wildman–Crippen LogP) is 1.23. The van der Waals surface area contributed by atoms with Crippen LogP contribution in [0.5, 0.6) is 0 Å². The van der Waals surface area contributed by atoms with Crippen LogP contribution in [0.3, 0.4) is 0 Å². The maximum atomic E-state index is 12.4. The summed E-state index contributed by atoms with van der Waals surface area (Å²) in [4.78, 5) is 57.4. The molecule has 0 aliphatic rings. The number of amides is 4. The second-order valence-corrected chi connectivity index (χ2v) is 9.25. The molecule has 0 bridgehead atoms. The monoisotopic (exact) mass is 505 g/mol. The Kier molecular flexibility index (Phi) is 17.1. The molecule has 0 heterocycles. The fraction of sp³-hybridized carbons (Fsp3) is 0.773. The molecule has 9 N–H and O–H groups in total. The first-order valence-electron chi connectivity index (χ1n) is 11.5. The van der Waals surface area contributed by atoms with E-state index >= 15 is 0 Å². The number of imide groups is 1. The molecule has 0 spiro atoms. The van der Waals surface area contributed by atoms with Crippen LogP contribution in [0.2, 0.25) is 0 Å². The number of unbranched alkanes of at least 4 members (excludes halogenated alkanes) is 2. The topological polar surface area (TPSA) is 228 Å². The van der Waals surface area contributed by atoms with E-state index in [1.165, 1.54) is 0 Å². The molecule has 2 unspecified atom stereocenters. The van der Waals surface area contributed by atoms with Crippen LogP contribution in [0.1, 0.15) is 73.1 Å². The van der Waals surface area contributed by atoms with Crippen molar-refractivity contribution in [1.82, 2.24) is 10.2 Å². The maximum absolute atomic E-state index is 12.4. The van der Waals surface area contributed by atoms with Gasteiger partial charge in [0.25, 0.3) is 0 Å². The van der Waals surface area contributed by atoms with Gasteiger partial charge in [0.1, 0.15) is 17.7 Å². The molecule has 0 aromatic rings. The Bertz CT molecular complexity index is 694. The van der Waals surface area contributed by atoms with E-state index < -0.39 is 53.6 Å². The lowest BCUT2D eigenvalue weighted by molar-refractivity contribution is -0.151. The second-order valence-electron chi connectivity index (χ2n) is 9.25.